The number of nitrogens with zero attached hydrogens (tertiary/aromatic N) is 5. The Morgan fingerprint density at radius 3 is 2.61 bits per heavy atom. The third-order valence-electron chi connectivity index (χ3n) is 6.00. The molecule has 1 aliphatic carbocycles. The summed E-state index contributed by atoms with van der Waals surface area (Å²) in [6.45, 7) is 4.11. The lowest BCUT2D eigenvalue weighted by atomic mass is 9.92. The van der Waals surface area contributed by atoms with E-state index in [4.69, 9.17) is 0 Å². The van der Waals surface area contributed by atoms with Crippen LogP contribution in [0.5, 0.6) is 0 Å². The molecule has 1 aliphatic rings. The van der Waals surface area contributed by atoms with E-state index in [9.17, 15) is 10.1 Å². The molecule has 33 heavy (non-hydrogen) atoms. The SMILES string of the molecule is Cc1ccc(-n2c(SCC(=O)NC3(C#N)CCCCCC3)nnc2-c2ccccn2)c(C)c1. The molecule has 0 saturated heterocycles. The van der Waals surface area contributed by atoms with Gasteiger partial charge in [-0.15, -0.1) is 10.2 Å². The van der Waals surface area contributed by atoms with Crippen molar-refractivity contribution in [1.82, 2.24) is 25.1 Å². The maximum absolute atomic E-state index is 12.8. The maximum atomic E-state index is 12.8. The minimum Gasteiger partial charge on any atom is -0.337 e. The molecule has 1 aromatic carbocycles. The number of amides is 1. The lowest BCUT2D eigenvalue weighted by Gasteiger charge is -2.26. The van der Waals surface area contributed by atoms with Crippen LogP contribution in [-0.2, 0) is 4.79 Å². The molecule has 0 aliphatic heterocycles. The van der Waals surface area contributed by atoms with Gasteiger partial charge in [0.2, 0.25) is 5.91 Å². The molecule has 1 fully saturated rings. The van der Waals surface area contributed by atoms with Crippen molar-refractivity contribution in [2.45, 2.75) is 63.1 Å². The average Bonchev–Trinajstić information content (AvgIpc) is 3.09. The van der Waals surface area contributed by atoms with Crippen LogP contribution in [0.3, 0.4) is 0 Å². The van der Waals surface area contributed by atoms with Crippen molar-refractivity contribution in [1.29, 1.82) is 5.26 Å². The van der Waals surface area contributed by atoms with E-state index in [1.807, 2.05) is 28.8 Å². The average molecular weight is 461 g/mol. The van der Waals surface area contributed by atoms with Crippen LogP contribution in [0.15, 0.2) is 47.8 Å². The van der Waals surface area contributed by atoms with Crippen LogP contribution in [0, 0.1) is 25.2 Å². The van der Waals surface area contributed by atoms with Gasteiger partial charge < -0.3 is 5.32 Å². The normalized spacial score (nSPS) is 15.4. The van der Waals surface area contributed by atoms with Gasteiger partial charge in [-0.2, -0.15) is 5.26 Å². The van der Waals surface area contributed by atoms with E-state index in [0.717, 1.165) is 36.9 Å². The van der Waals surface area contributed by atoms with Crippen LogP contribution in [-0.4, -0.2) is 36.9 Å². The molecule has 2 heterocycles. The van der Waals surface area contributed by atoms with E-state index in [0.29, 0.717) is 29.5 Å². The molecular formula is C25H28N6OS. The Morgan fingerprint density at radius 1 is 1.15 bits per heavy atom. The van der Waals surface area contributed by atoms with E-state index in [1.54, 1.807) is 6.20 Å². The number of benzene rings is 1. The third-order valence-corrected chi connectivity index (χ3v) is 6.93. The Balaban J connectivity index is 1.60. The second-order valence-electron chi connectivity index (χ2n) is 8.59. The van der Waals surface area contributed by atoms with Crippen LogP contribution < -0.4 is 5.32 Å². The highest BCUT2D eigenvalue weighted by molar-refractivity contribution is 7.99. The number of hydrogen-bond acceptors (Lipinski definition) is 6. The summed E-state index contributed by atoms with van der Waals surface area (Å²) < 4.78 is 1.96. The van der Waals surface area contributed by atoms with Gasteiger partial charge >= 0.3 is 0 Å². The Bertz CT molecular complexity index is 1160. The molecule has 4 rings (SSSR count). The summed E-state index contributed by atoms with van der Waals surface area (Å²) in [6, 6.07) is 14.3. The molecule has 0 unspecified atom stereocenters. The fraction of sp³-hybridized carbons (Fsp3) is 0.400. The smallest absolute Gasteiger partial charge is 0.231 e. The van der Waals surface area contributed by atoms with Gasteiger partial charge in [0.05, 0.1) is 17.5 Å². The highest BCUT2D eigenvalue weighted by Gasteiger charge is 2.32. The molecule has 1 saturated carbocycles. The highest BCUT2D eigenvalue weighted by atomic mass is 32.2. The minimum atomic E-state index is -0.755. The first kappa shape index (κ1) is 23.0. The van der Waals surface area contributed by atoms with E-state index in [2.05, 4.69) is 52.5 Å². The molecule has 0 bridgehead atoms. The van der Waals surface area contributed by atoms with Gasteiger partial charge in [-0.3, -0.25) is 14.3 Å². The van der Waals surface area contributed by atoms with Crippen LogP contribution in [0.1, 0.15) is 49.7 Å². The van der Waals surface area contributed by atoms with Gasteiger partial charge in [0.15, 0.2) is 11.0 Å². The van der Waals surface area contributed by atoms with E-state index in [-0.39, 0.29) is 11.7 Å². The van der Waals surface area contributed by atoms with E-state index < -0.39 is 5.54 Å². The second-order valence-corrected chi connectivity index (χ2v) is 9.53. The summed E-state index contributed by atoms with van der Waals surface area (Å²) >= 11 is 1.32. The lowest BCUT2D eigenvalue weighted by molar-refractivity contribution is -0.120. The Kier molecular flexibility index (Phi) is 7.09. The molecule has 2 aromatic heterocycles. The van der Waals surface area contributed by atoms with Crippen molar-refractivity contribution < 1.29 is 4.79 Å². The summed E-state index contributed by atoms with van der Waals surface area (Å²) in [5.41, 5.74) is 3.16. The monoisotopic (exact) mass is 460 g/mol. The van der Waals surface area contributed by atoms with Gasteiger partial charge in [0, 0.05) is 6.20 Å². The van der Waals surface area contributed by atoms with E-state index >= 15 is 0 Å². The summed E-state index contributed by atoms with van der Waals surface area (Å²) in [5.74, 6) is 0.634. The molecule has 1 amide bonds. The molecule has 0 spiro atoms. The van der Waals surface area contributed by atoms with Gasteiger partial charge in [0.25, 0.3) is 0 Å². The summed E-state index contributed by atoms with van der Waals surface area (Å²) in [7, 11) is 0. The van der Waals surface area contributed by atoms with Crippen molar-refractivity contribution >= 4 is 17.7 Å². The van der Waals surface area contributed by atoms with E-state index in [1.165, 1.54) is 17.3 Å². The highest BCUT2D eigenvalue weighted by Crippen LogP contribution is 2.30. The van der Waals surface area contributed by atoms with Crippen LogP contribution >= 0.6 is 11.8 Å². The zero-order valence-corrected chi connectivity index (χ0v) is 19.9. The summed E-state index contributed by atoms with van der Waals surface area (Å²) in [5, 5.41) is 22.2. The molecular weight excluding hydrogens is 432 g/mol. The number of aromatic nitrogens is 4. The predicted octanol–water partition coefficient (Wildman–Crippen LogP) is 4.77. The number of nitrogens with one attached hydrogen (secondary N) is 1. The van der Waals surface area contributed by atoms with Crippen molar-refractivity contribution in [2.75, 3.05) is 5.75 Å². The Morgan fingerprint density at radius 2 is 1.94 bits per heavy atom. The van der Waals surface area contributed by atoms with Gasteiger partial charge in [0.1, 0.15) is 11.2 Å². The largest absolute Gasteiger partial charge is 0.337 e. The fourth-order valence-electron chi connectivity index (χ4n) is 4.33. The standard InChI is InChI=1S/C25H28N6OS/c1-18-10-11-21(19(2)15-18)31-23(20-9-5-8-14-27-20)29-30-24(31)33-16-22(32)28-25(17-26)12-6-3-4-7-13-25/h5,8-11,14-15H,3-4,6-7,12-13,16H2,1-2H3,(H,28,32). The van der Waals surface area contributed by atoms with Crippen molar-refractivity contribution in [2.24, 2.45) is 0 Å². The van der Waals surface area contributed by atoms with Gasteiger partial charge in [-0.1, -0.05) is 61.2 Å². The number of nitriles is 1. The number of aryl methyl sites for hydroxylation is 2. The molecule has 0 radical (unpaired) electrons. The number of carbonyl (C=O) groups is 1. The molecule has 1 N–H and O–H groups in total. The molecule has 7 nitrogen and oxygen atoms in total. The molecule has 3 aromatic rings. The van der Waals surface area contributed by atoms with Crippen molar-refractivity contribution in [3.63, 3.8) is 0 Å². The van der Waals surface area contributed by atoms with Crippen molar-refractivity contribution in [3.8, 4) is 23.3 Å². The Labute approximate surface area is 198 Å². The predicted molar refractivity (Wildman–Crippen MR) is 129 cm³/mol. The summed E-state index contributed by atoms with van der Waals surface area (Å²) in [4.78, 5) is 17.3. The number of rotatable bonds is 6. The van der Waals surface area contributed by atoms with Crippen LogP contribution in [0.4, 0.5) is 0 Å². The van der Waals surface area contributed by atoms with Crippen molar-refractivity contribution in [3.05, 3.63) is 53.7 Å². The maximum Gasteiger partial charge on any atom is 0.231 e. The first-order valence-corrected chi connectivity index (χ1v) is 12.3. The first-order chi connectivity index (χ1) is 16.0. The fourth-order valence-corrected chi connectivity index (χ4v) is 5.07. The topological polar surface area (TPSA) is 96.5 Å². The molecule has 0 atom stereocenters. The number of pyridine rings is 1. The summed E-state index contributed by atoms with van der Waals surface area (Å²) in [6.07, 6.45) is 7.31. The quantitative estimate of drug-likeness (QED) is 0.420. The number of thioether (sulfide) groups is 1. The molecule has 8 heteroatoms. The van der Waals surface area contributed by atoms with Gasteiger partial charge in [-0.05, 0) is 50.5 Å². The van der Waals surface area contributed by atoms with Crippen LogP contribution in [0.2, 0.25) is 0 Å². The second kappa shape index (κ2) is 10.2. The Hall–Kier alpha value is -3.18. The molecule has 170 valence electrons. The zero-order valence-electron chi connectivity index (χ0n) is 19.0. The minimum absolute atomic E-state index is 0.155. The lowest BCUT2D eigenvalue weighted by Crippen LogP contribution is -2.47. The number of hydrogen-bond donors (Lipinski definition) is 1. The van der Waals surface area contributed by atoms with Gasteiger partial charge in [-0.25, -0.2) is 0 Å². The third kappa shape index (κ3) is 5.25. The number of carbonyl (C=O) groups excluding carboxylic acids is 1. The van der Waals surface area contributed by atoms with Crippen LogP contribution in [0.25, 0.3) is 17.2 Å². The first-order valence-electron chi connectivity index (χ1n) is 11.3. The zero-order chi connectivity index (χ0) is 23.3.